The van der Waals surface area contributed by atoms with Crippen LogP contribution in [0.5, 0.6) is 0 Å². The topological polar surface area (TPSA) is 79.5 Å². The first-order valence-corrected chi connectivity index (χ1v) is 10.6. The lowest BCUT2D eigenvalue weighted by Gasteiger charge is -2.29. The van der Waals surface area contributed by atoms with Gasteiger partial charge in [-0.15, -0.1) is 0 Å². The van der Waals surface area contributed by atoms with Crippen molar-refractivity contribution >= 4 is 17.7 Å². The Kier molecular flexibility index (Phi) is 7.11. The van der Waals surface area contributed by atoms with Gasteiger partial charge in [0.1, 0.15) is 11.5 Å². The lowest BCUT2D eigenvalue weighted by atomic mass is 9.98. The highest BCUT2D eigenvalue weighted by atomic mass is 19.1. The van der Waals surface area contributed by atoms with Crippen molar-refractivity contribution in [3.8, 4) is 0 Å². The van der Waals surface area contributed by atoms with E-state index >= 15 is 0 Å². The molecule has 0 bridgehead atoms. The second-order valence-electron chi connectivity index (χ2n) is 8.08. The maximum absolute atomic E-state index is 13.6. The highest BCUT2D eigenvalue weighted by molar-refractivity contribution is 6.07. The van der Waals surface area contributed by atoms with Crippen LogP contribution >= 0.6 is 0 Å². The SMILES string of the molecule is COC(=O)c1[nH]c(C)c(C(=O)C(C)N(Cc2ccc(F)cc2)C(=O)c2ccc(C)cc2)c1C. The van der Waals surface area contributed by atoms with E-state index < -0.39 is 12.0 Å². The number of H-pyrrole nitrogens is 1. The number of benzene rings is 2. The molecule has 0 spiro atoms. The molecule has 0 aliphatic heterocycles. The lowest BCUT2D eigenvalue weighted by molar-refractivity contribution is 0.0592. The third kappa shape index (κ3) is 5.03. The van der Waals surface area contributed by atoms with Crippen molar-refractivity contribution in [3.05, 3.63) is 93.6 Å². The molecule has 3 aromatic rings. The summed E-state index contributed by atoms with van der Waals surface area (Å²) in [5.74, 6) is -1.58. The molecule has 7 heteroatoms. The van der Waals surface area contributed by atoms with Gasteiger partial charge in [0.2, 0.25) is 0 Å². The summed E-state index contributed by atoms with van der Waals surface area (Å²) in [4.78, 5) is 43.5. The zero-order valence-corrected chi connectivity index (χ0v) is 19.4. The van der Waals surface area contributed by atoms with Gasteiger partial charge in [0, 0.05) is 23.4 Å². The highest BCUT2D eigenvalue weighted by Crippen LogP contribution is 2.24. The van der Waals surface area contributed by atoms with Crippen LogP contribution < -0.4 is 0 Å². The number of rotatable bonds is 7. The van der Waals surface area contributed by atoms with Crippen molar-refractivity contribution in [2.75, 3.05) is 7.11 Å². The first-order chi connectivity index (χ1) is 15.6. The van der Waals surface area contributed by atoms with Gasteiger partial charge in [0.05, 0.1) is 13.2 Å². The second-order valence-corrected chi connectivity index (χ2v) is 8.08. The fourth-order valence-corrected chi connectivity index (χ4v) is 3.81. The predicted octanol–water partition coefficient (Wildman–Crippen LogP) is 4.78. The molecule has 172 valence electrons. The average molecular weight is 451 g/mol. The van der Waals surface area contributed by atoms with Crippen molar-refractivity contribution in [3.63, 3.8) is 0 Å². The summed E-state index contributed by atoms with van der Waals surface area (Å²) < 4.78 is 18.2. The summed E-state index contributed by atoms with van der Waals surface area (Å²) in [6.07, 6.45) is 0. The Labute approximate surface area is 192 Å². The Morgan fingerprint density at radius 2 is 1.61 bits per heavy atom. The molecule has 0 aliphatic rings. The molecule has 0 radical (unpaired) electrons. The number of nitrogens with zero attached hydrogens (tertiary/aromatic N) is 1. The molecular weight excluding hydrogens is 423 g/mol. The summed E-state index contributed by atoms with van der Waals surface area (Å²) in [5, 5.41) is 0. The number of hydrogen-bond acceptors (Lipinski definition) is 4. The van der Waals surface area contributed by atoms with Crippen LogP contribution in [-0.2, 0) is 11.3 Å². The van der Waals surface area contributed by atoms with Gasteiger partial charge in [-0.05, 0) is 63.1 Å². The number of ether oxygens (including phenoxy) is 1. The fourth-order valence-electron chi connectivity index (χ4n) is 3.81. The van der Waals surface area contributed by atoms with Gasteiger partial charge < -0.3 is 14.6 Å². The number of carbonyl (C=O) groups excluding carboxylic acids is 3. The van der Waals surface area contributed by atoms with Crippen LogP contribution in [0.15, 0.2) is 48.5 Å². The summed E-state index contributed by atoms with van der Waals surface area (Å²) in [6, 6.07) is 12.1. The van der Waals surface area contributed by atoms with Crippen molar-refractivity contribution in [1.82, 2.24) is 9.88 Å². The Bertz CT molecular complexity index is 1180. The van der Waals surface area contributed by atoms with E-state index in [0.717, 1.165) is 5.56 Å². The van der Waals surface area contributed by atoms with Crippen LogP contribution in [-0.4, -0.2) is 40.7 Å². The standard InChI is InChI=1S/C26H27FN2O4/c1-15-6-10-20(11-7-15)25(31)29(14-19-8-12-21(27)13-9-19)18(4)24(30)22-16(2)23(26(32)33-5)28-17(22)3/h6-13,18,28H,14H2,1-5H3. The number of carbonyl (C=O) groups is 3. The van der Waals surface area contributed by atoms with E-state index in [9.17, 15) is 18.8 Å². The number of aromatic amines is 1. The highest BCUT2D eigenvalue weighted by Gasteiger charge is 2.31. The third-order valence-electron chi connectivity index (χ3n) is 5.75. The molecule has 1 N–H and O–H groups in total. The predicted molar refractivity (Wildman–Crippen MR) is 123 cm³/mol. The number of aryl methyl sites for hydroxylation is 2. The van der Waals surface area contributed by atoms with E-state index in [-0.39, 0.29) is 29.7 Å². The quantitative estimate of drug-likeness (QED) is 0.415. The normalized spacial score (nSPS) is 11.7. The smallest absolute Gasteiger partial charge is 0.354 e. The molecule has 33 heavy (non-hydrogen) atoms. The molecular formula is C26H27FN2O4. The first kappa shape index (κ1) is 23.9. The number of halogens is 1. The minimum Gasteiger partial charge on any atom is -0.464 e. The van der Waals surface area contributed by atoms with Gasteiger partial charge >= 0.3 is 5.97 Å². The fraction of sp³-hybridized carbons (Fsp3) is 0.269. The number of amides is 1. The maximum atomic E-state index is 13.6. The number of esters is 1. The van der Waals surface area contributed by atoms with Gasteiger partial charge in [-0.25, -0.2) is 9.18 Å². The largest absolute Gasteiger partial charge is 0.464 e. The summed E-state index contributed by atoms with van der Waals surface area (Å²) in [5.41, 5.74) is 3.70. The van der Waals surface area contributed by atoms with E-state index in [1.165, 1.54) is 24.1 Å². The monoisotopic (exact) mass is 450 g/mol. The van der Waals surface area contributed by atoms with Crippen molar-refractivity contribution < 1.29 is 23.5 Å². The molecule has 1 atom stereocenters. The van der Waals surface area contributed by atoms with Crippen LogP contribution in [0.3, 0.4) is 0 Å². The second kappa shape index (κ2) is 9.81. The van der Waals surface area contributed by atoms with Crippen LogP contribution in [0.1, 0.15) is 60.5 Å². The summed E-state index contributed by atoms with van der Waals surface area (Å²) in [6.45, 7) is 7.06. The van der Waals surface area contributed by atoms with E-state index in [1.807, 2.05) is 19.1 Å². The van der Waals surface area contributed by atoms with Crippen LogP contribution in [0.25, 0.3) is 0 Å². The zero-order valence-electron chi connectivity index (χ0n) is 19.4. The van der Waals surface area contributed by atoms with Crippen LogP contribution in [0.2, 0.25) is 0 Å². The van der Waals surface area contributed by atoms with Gasteiger partial charge in [0.15, 0.2) is 5.78 Å². The number of ketones is 1. The Hall–Kier alpha value is -3.74. The van der Waals surface area contributed by atoms with Crippen molar-refractivity contribution in [2.24, 2.45) is 0 Å². The molecule has 0 aliphatic carbocycles. The molecule has 0 saturated heterocycles. The van der Waals surface area contributed by atoms with E-state index in [2.05, 4.69) is 4.98 Å². The summed E-state index contributed by atoms with van der Waals surface area (Å²) in [7, 11) is 1.27. The van der Waals surface area contributed by atoms with Gasteiger partial charge in [-0.2, -0.15) is 0 Å². The van der Waals surface area contributed by atoms with Crippen molar-refractivity contribution in [1.29, 1.82) is 0 Å². The van der Waals surface area contributed by atoms with Crippen molar-refractivity contribution in [2.45, 2.75) is 40.3 Å². The number of aromatic nitrogens is 1. The van der Waals surface area contributed by atoms with Gasteiger partial charge in [0.25, 0.3) is 5.91 Å². The first-order valence-electron chi connectivity index (χ1n) is 10.6. The van der Waals surface area contributed by atoms with Crippen LogP contribution in [0.4, 0.5) is 4.39 Å². The number of hydrogen-bond donors (Lipinski definition) is 1. The van der Waals surface area contributed by atoms with Gasteiger partial charge in [-0.1, -0.05) is 29.8 Å². The van der Waals surface area contributed by atoms with E-state index in [0.29, 0.717) is 27.9 Å². The molecule has 0 fully saturated rings. The van der Waals surface area contributed by atoms with Gasteiger partial charge in [-0.3, -0.25) is 9.59 Å². The minimum atomic E-state index is -0.845. The Morgan fingerprint density at radius 3 is 2.18 bits per heavy atom. The van der Waals surface area contributed by atoms with E-state index in [1.54, 1.807) is 45.0 Å². The van der Waals surface area contributed by atoms with E-state index in [4.69, 9.17) is 4.74 Å². The average Bonchev–Trinajstić information content (AvgIpc) is 3.11. The Balaban J connectivity index is 2.00. The Morgan fingerprint density at radius 1 is 1.00 bits per heavy atom. The molecule has 1 unspecified atom stereocenters. The third-order valence-corrected chi connectivity index (χ3v) is 5.75. The molecule has 3 rings (SSSR count). The summed E-state index contributed by atoms with van der Waals surface area (Å²) >= 11 is 0. The minimum absolute atomic E-state index is 0.117. The molecule has 6 nitrogen and oxygen atoms in total. The molecule has 0 saturated carbocycles. The number of nitrogens with one attached hydrogen (secondary N) is 1. The molecule has 1 aromatic heterocycles. The van der Waals surface area contributed by atoms with Crippen LogP contribution in [0, 0.1) is 26.6 Å². The lowest BCUT2D eigenvalue weighted by Crippen LogP contribution is -2.43. The maximum Gasteiger partial charge on any atom is 0.354 e. The number of Topliss-reactive ketones (excluding diaryl/α,β-unsaturated/α-hetero) is 1. The zero-order chi connectivity index (χ0) is 24.3. The molecule has 2 aromatic carbocycles. The number of methoxy groups -OCH3 is 1. The molecule has 1 amide bonds. The molecule has 1 heterocycles.